The van der Waals surface area contributed by atoms with Gasteiger partial charge >= 0.3 is 0 Å². The second-order valence-corrected chi connectivity index (χ2v) is 5.49. The van der Waals surface area contributed by atoms with E-state index in [1.54, 1.807) is 6.07 Å². The molecule has 0 bridgehead atoms. The molecule has 110 valence electrons. The molecule has 5 nitrogen and oxygen atoms in total. The quantitative estimate of drug-likeness (QED) is 0.918. The van der Waals surface area contributed by atoms with Crippen molar-refractivity contribution in [3.05, 3.63) is 17.6 Å². The molecule has 20 heavy (non-hydrogen) atoms. The number of nitrogens with one attached hydrogen (secondary N) is 1. The molecule has 0 saturated carbocycles. The van der Waals surface area contributed by atoms with Gasteiger partial charge in [-0.3, -0.25) is 4.79 Å². The number of carbonyl (C=O) groups excluding carboxylic acids is 1. The Kier molecular flexibility index (Phi) is 4.93. The summed E-state index contributed by atoms with van der Waals surface area (Å²) in [4.78, 5) is 23.0. The summed E-state index contributed by atoms with van der Waals surface area (Å²) in [5.41, 5.74) is 0.505. The van der Waals surface area contributed by atoms with E-state index in [1.807, 2.05) is 11.8 Å². The van der Waals surface area contributed by atoms with Crippen LogP contribution in [0.15, 0.2) is 6.07 Å². The Hall–Kier alpha value is -1.65. The monoisotopic (exact) mass is 276 g/mol. The Morgan fingerprint density at radius 2 is 2.05 bits per heavy atom. The van der Waals surface area contributed by atoms with Crippen LogP contribution in [0.5, 0.6) is 0 Å². The van der Waals surface area contributed by atoms with E-state index in [2.05, 4.69) is 29.1 Å². The van der Waals surface area contributed by atoms with Crippen molar-refractivity contribution in [2.24, 2.45) is 0 Å². The Morgan fingerprint density at radius 3 is 2.70 bits per heavy atom. The topological polar surface area (TPSA) is 58.1 Å². The van der Waals surface area contributed by atoms with Gasteiger partial charge in [-0.1, -0.05) is 6.92 Å². The molecular weight excluding hydrogens is 252 g/mol. The smallest absolute Gasteiger partial charge is 0.272 e. The van der Waals surface area contributed by atoms with Gasteiger partial charge in [0.2, 0.25) is 0 Å². The number of amides is 1. The summed E-state index contributed by atoms with van der Waals surface area (Å²) < 4.78 is 0. The standard InChI is InChI=1S/C15H24N4O/c1-4-11(2)16-14-10-13(17-12(3)18-14)15(20)19-8-6-5-7-9-19/h10-11H,4-9H2,1-3H3,(H,16,17,18)/t11-/m0/s1. The molecule has 0 spiro atoms. The Labute approximate surface area is 120 Å². The molecule has 1 fully saturated rings. The van der Waals surface area contributed by atoms with Crippen LogP contribution >= 0.6 is 0 Å². The van der Waals surface area contributed by atoms with Gasteiger partial charge in [0, 0.05) is 25.2 Å². The third-order valence-electron chi connectivity index (χ3n) is 3.71. The predicted molar refractivity (Wildman–Crippen MR) is 79.9 cm³/mol. The average molecular weight is 276 g/mol. The van der Waals surface area contributed by atoms with Crippen LogP contribution in [-0.2, 0) is 0 Å². The van der Waals surface area contributed by atoms with Gasteiger partial charge in [0.05, 0.1) is 0 Å². The van der Waals surface area contributed by atoms with Crippen LogP contribution in [0.2, 0.25) is 0 Å². The van der Waals surface area contributed by atoms with Crippen molar-refractivity contribution in [3.63, 3.8) is 0 Å². The normalized spacial score (nSPS) is 16.9. The number of rotatable bonds is 4. The first-order valence-electron chi connectivity index (χ1n) is 7.51. The summed E-state index contributed by atoms with van der Waals surface area (Å²) in [6.07, 6.45) is 4.41. The first-order chi connectivity index (χ1) is 9.60. The molecule has 2 rings (SSSR count). The van der Waals surface area contributed by atoms with Gasteiger partial charge in [-0.05, 0) is 39.5 Å². The van der Waals surface area contributed by atoms with Crippen molar-refractivity contribution in [3.8, 4) is 0 Å². The largest absolute Gasteiger partial charge is 0.368 e. The number of nitrogens with zero attached hydrogens (tertiary/aromatic N) is 3. The molecule has 1 amide bonds. The summed E-state index contributed by atoms with van der Waals surface area (Å²) >= 11 is 0. The zero-order valence-corrected chi connectivity index (χ0v) is 12.6. The van der Waals surface area contributed by atoms with Crippen LogP contribution < -0.4 is 5.32 Å². The fourth-order valence-corrected chi connectivity index (χ4v) is 2.36. The van der Waals surface area contributed by atoms with E-state index in [0.29, 0.717) is 17.6 Å². The molecular formula is C15H24N4O. The summed E-state index contributed by atoms with van der Waals surface area (Å²) in [6, 6.07) is 2.11. The second-order valence-electron chi connectivity index (χ2n) is 5.49. The second kappa shape index (κ2) is 6.68. The molecule has 1 aromatic heterocycles. The lowest BCUT2D eigenvalue weighted by Crippen LogP contribution is -2.36. The molecule has 0 aromatic carbocycles. The molecule has 1 aromatic rings. The molecule has 1 N–H and O–H groups in total. The number of aryl methyl sites for hydroxylation is 1. The number of piperidine rings is 1. The highest BCUT2D eigenvalue weighted by Gasteiger charge is 2.20. The van der Waals surface area contributed by atoms with E-state index in [0.717, 1.165) is 38.2 Å². The molecule has 1 saturated heterocycles. The van der Waals surface area contributed by atoms with Crippen molar-refractivity contribution in [1.82, 2.24) is 14.9 Å². The van der Waals surface area contributed by atoms with Gasteiger partial charge < -0.3 is 10.2 Å². The van der Waals surface area contributed by atoms with E-state index in [4.69, 9.17) is 0 Å². The Morgan fingerprint density at radius 1 is 1.35 bits per heavy atom. The number of likely N-dealkylation sites (tertiary alicyclic amines) is 1. The lowest BCUT2D eigenvalue weighted by atomic mass is 10.1. The summed E-state index contributed by atoms with van der Waals surface area (Å²) in [7, 11) is 0. The SMILES string of the molecule is CC[C@H](C)Nc1cc(C(=O)N2CCCCC2)nc(C)n1. The molecule has 1 aliphatic rings. The van der Waals surface area contributed by atoms with Crippen LogP contribution in [0.3, 0.4) is 0 Å². The van der Waals surface area contributed by atoms with Crippen LogP contribution in [0.25, 0.3) is 0 Å². The lowest BCUT2D eigenvalue weighted by molar-refractivity contribution is 0.0718. The summed E-state index contributed by atoms with van der Waals surface area (Å²) in [6.45, 7) is 7.73. The van der Waals surface area contributed by atoms with E-state index in [-0.39, 0.29) is 5.91 Å². The molecule has 5 heteroatoms. The first kappa shape index (κ1) is 14.8. The number of hydrogen-bond donors (Lipinski definition) is 1. The van der Waals surface area contributed by atoms with Crippen LogP contribution in [0.1, 0.15) is 55.8 Å². The van der Waals surface area contributed by atoms with Crippen molar-refractivity contribution < 1.29 is 4.79 Å². The van der Waals surface area contributed by atoms with Gasteiger partial charge in [0.25, 0.3) is 5.91 Å². The Balaban J connectivity index is 2.16. The Bertz CT molecular complexity index is 469. The summed E-state index contributed by atoms with van der Waals surface area (Å²) in [5.74, 6) is 1.41. The van der Waals surface area contributed by atoms with E-state index < -0.39 is 0 Å². The number of anilines is 1. The van der Waals surface area contributed by atoms with Crippen LogP contribution in [-0.4, -0.2) is 39.9 Å². The van der Waals surface area contributed by atoms with Gasteiger partial charge in [-0.15, -0.1) is 0 Å². The van der Waals surface area contributed by atoms with Gasteiger partial charge in [-0.25, -0.2) is 9.97 Å². The highest BCUT2D eigenvalue weighted by atomic mass is 16.2. The summed E-state index contributed by atoms with van der Waals surface area (Å²) in [5, 5.41) is 3.31. The minimum absolute atomic E-state index is 0.0300. The number of carbonyl (C=O) groups is 1. The molecule has 0 radical (unpaired) electrons. The molecule has 1 aliphatic heterocycles. The van der Waals surface area contributed by atoms with Gasteiger partial charge in [-0.2, -0.15) is 0 Å². The van der Waals surface area contributed by atoms with E-state index >= 15 is 0 Å². The van der Waals surface area contributed by atoms with Crippen molar-refractivity contribution in [2.75, 3.05) is 18.4 Å². The fourth-order valence-electron chi connectivity index (χ4n) is 2.36. The maximum atomic E-state index is 12.5. The van der Waals surface area contributed by atoms with Crippen LogP contribution in [0.4, 0.5) is 5.82 Å². The third kappa shape index (κ3) is 3.68. The average Bonchev–Trinajstić information content (AvgIpc) is 2.46. The zero-order chi connectivity index (χ0) is 14.5. The number of aromatic nitrogens is 2. The minimum Gasteiger partial charge on any atom is -0.368 e. The first-order valence-corrected chi connectivity index (χ1v) is 7.51. The van der Waals surface area contributed by atoms with Crippen LogP contribution in [0, 0.1) is 6.92 Å². The fraction of sp³-hybridized carbons (Fsp3) is 0.667. The predicted octanol–water partition coefficient (Wildman–Crippen LogP) is 2.62. The van der Waals surface area contributed by atoms with E-state index in [1.165, 1.54) is 6.42 Å². The molecule has 0 aliphatic carbocycles. The third-order valence-corrected chi connectivity index (χ3v) is 3.71. The molecule has 2 heterocycles. The van der Waals surface area contributed by atoms with Gasteiger partial charge in [0.1, 0.15) is 17.3 Å². The number of hydrogen-bond acceptors (Lipinski definition) is 4. The minimum atomic E-state index is 0.0300. The van der Waals surface area contributed by atoms with Crippen molar-refractivity contribution in [1.29, 1.82) is 0 Å². The highest BCUT2D eigenvalue weighted by Crippen LogP contribution is 2.15. The maximum absolute atomic E-state index is 12.5. The molecule has 0 unspecified atom stereocenters. The zero-order valence-electron chi connectivity index (χ0n) is 12.6. The van der Waals surface area contributed by atoms with E-state index in [9.17, 15) is 4.79 Å². The van der Waals surface area contributed by atoms with Gasteiger partial charge in [0.15, 0.2) is 0 Å². The molecule has 1 atom stereocenters. The van der Waals surface area contributed by atoms with Crippen molar-refractivity contribution in [2.45, 2.75) is 52.5 Å². The highest BCUT2D eigenvalue weighted by molar-refractivity contribution is 5.93. The van der Waals surface area contributed by atoms with Crippen molar-refractivity contribution >= 4 is 11.7 Å². The lowest BCUT2D eigenvalue weighted by Gasteiger charge is -2.26. The maximum Gasteiger partial charge on any atom is 0.272 e.